The van der Waals surface area contributed by atoms with Gasteiger partial charge in [0.25, 0.3) is 0 Å². The van der Waals surface area contributed by atoms with Crippen molar-refractivity contribution >= 4 is 40.9 Å². The highest BCUT2D eigenvalue weighted by Crippen LogP contribution is 2.30. The van der Waals surface area contributed by atoms with Gasteiger partial charge in [-0.25, -0.2) is 4.39 Å². The molecule has 5 heteroatoms. The van der Waals surface area contributed by atoms with E-state index in [1.165, 1.54) is 40.1 Å². The first-order valence-electron chi connectivity index (χ1n) is 7.72. The smallest absolute Gasteiger partial charge is 0.151 e. The van der Waals surface area contributed by atoms with Gasteiger partial charge < -0.3 is 5.73 Å². The number of hydrogen-bond acceptors (Lipinski definition) is 2. The molecule has 0 amide bonds. The summed E-state index contributed by atoms with van der Waals surface area (Å²) in [6, 6.07) is 9.67. The molecular weight excluding hydrogens is 434 g/mol. The van der Waals surface area contributed by atoms with E-state index in [0.29, 0.717) is 5.56 Å². The summed E-state index contributed by atoms with van der Waals surface area (Å²) >= 11 is 1.38. The van der Waals surface area contributed by atoms with E-state index >= 15 is 0 Å². The van der Waals surface area contributed by atoms with Gasteiger partial charge in [-0.1, -0.05) is 35.5 Å². The first kappa shape index (κ1) is 21.0. The standard InChI is InChI=1S/C19H23FN2S.HI/c1-12-9-13(2)16(5-4-8-23-19(21)22)17(10-12)15-6-7-18(20)14(3)11-15;/h6-7,9-11H,4-5,8H2,1-3H3,(H3,21,22);1H. The van der Waals surface area contributed by atoms with Crippen molar-refractivity contribution in [1.82, 2.24) is 0 Å². The van der Waals surface area contributed by atoms with Gasteiger partial charge in [-0.15, -0.1) is 24.0 Å². The van der Waals surface area contributed by atoms with Crippen LogP contribution >= 0.6 is 35.7 Å². The van der Waals surface area contributed by atoms with Crippen LogP contribution < -0.4 is 5.73 Å². The minimum absolute atomic E-state index is 0. The molecule has 0 spiro atoms. The Kier molecular flexibility index (Phi) is 8.22. The summed E-state index contributed by atoms with van der Waals surface area (Å²) in [5.41, 5.74) is 12.1. The van der Waals surface area contributed by atoms with Gasteiger partial charge in [0.05, 0.1) is 0 Å². The van der Waals surface area contributed by atoms with Gasteiger partial charge in [-0.05, 0) is 73.6 Å². The van der Waals surface area contributed by atoms with Gasteiger partial charge in [0, 0.05) is 5.75 Å². The second kappa shape index (κ2) is 9.42. The summed E-state index contributed by atoms with van der Waals surface area (Å²) in [5, 5.41) is 7.44. The summed E-state index contributed by atoms with van der Waals surface area (Å²) in [5.74, 6) is 0.669. The van der Waals surface area contributed by atoms with Crippen LogP contribution in [0.5, 0.6) is 0 Å². The Morgan fingerprint density at radius 1 is 1.12 bits per heavy atom. The van der Waals surface area contributed by atoms with Crippen LogP contribution in [-0.2, 0) is 6.42 Å². The van der Waals surface area contributed by atoms with Crippen LogP contribution in [0.25, 0.3) is 11.1 Å². The van der Waals surface area contributed by atoms with E-state index in [1.807, 2.05) is 12.1 Å². The fourth-order valence-electron chi connectivity index (χ4n) is 2.83. The van der Waals surface area contributed by atoms with E-state index in [0.717, 1.165) is 24.2 Å². The van der Waals surface area contributed by atoms with Crippen LogP contribution in [-0.4, -0.2) is 10.9 Å². The van der Waals surface area contributed by atoms with E-state index in [2.05, 4.69) is 26.0 Å². The first-order chi connectivity index (χ1) is 10.9. The number of aryl methyl sites for hydroxylation is 3. The lowest BCUT2D eigenvalue weighted by molar-refractivity contribution is 0.619. The van der Waals surface area contributed by atoms with Gasteiger partial charge in [0.15, 0.2) is 5.17 Å². The van der Waals surface area contributed by atoms with Crippen LogP contribution in [0.2, 0.25) is 0 Å². The van der Waals surface area contributed by atoms with Crippen molar-refractivity contribution in [2.75, 3.05) is 5.75 Å². The minimum Gasteiger partial charge on any atom is -0.379 e. The van der Waals surface area contributed by atoms with Gasteiger partial charge >= 0.3 is 0 Å². The Hall–Kier alpha value is -1.08. The zero-order valence-corrected chi connectivity index (χ0v) is 17.4. The number of nitrogens with two attached hydrogens (primary N) is 1. The number of hydrogen-bond donors (Lipinski definition) is 2. The lowest BCUT2D eigenvalue weighted by Gasteiger charge is -2.15. The molecule has 2 aromatic carbocycles. The maximum atomic E-state index is 13.6. The Morgan fingerprint density at radius 2 is 1.83 bits per heavy atom. The quantitative estimate of drug-likeness (QED) is 0.266. The molecule has 0 saturated carbocycles. The molecule has 0 unspecified atom stereocenters. The zero-order valence-electron chi connectivity index (χ0n) is 14.3. The molecule has 2 nitrogen and oxygen atoms in total. The molecule has 0 aliphatic rings. The highest BCUT2D eigenvalue weighted by Gasteiger charge is 2.11. The third-order valence-electron chi connectivity index (χ3n) is 3.91. The minimum atomic E-state index is -0.169. The second-order valence-electron chi connectivity index (χ2n) is 5.89. The van der Waals surface area contributed by atoms with Crippen LogP contribution in [0.15, 0.2) is 30.3 Å². The normalized spacial score (nSPS) is 10.3. The molecule has 0 radical (unpaired) electrons. The number of halogens is 2. The largest absolute Gasteiger partial charge is 0.379 e. The number of rotatable bonds is 5. The molecule has 24 heavy (non-hydrogen) atoms. The number of nitrogens with one attached hydrogen (secondary N) is 1. The SMILES string of the molecule is Cc1cc(C)c(CCCSC(=N)N)c(-c2ccc(F)c(C)c2)c1.I. The third-order valence-corrected chi connectivity index (χ3v) is 4.72. The van der Waals surface area contributed by atoms with Gasteiger partial charge in [-0.2, -0.15) is 0 Å². The van der Waals surface area contributed by atoms with E-state index in [-0.39, 0.29) is 35.0 Å². The molecule has 0 aliphatic carbocycles. The monoisotopic (exact) mass is 458 g/mol. The van der Waals surface area contributed by atoms with Crippen molar-refractivity contribution in [3.63, 3.8) is 0 Å². The molecule has 130 valence electrons. The topological polar surface area (TPSA) is 49.9 Å². The zero-order chi connectivity index (χ0) is 17.0. The molecule has 0 aromatic heterocycles. The second-order valence-corrected chi connectivity index (χ2v) is 7.02. The fourth-order valence-corrected chi connectivity index (χ4v) is 3.34. The number of benzene rings is 2. The molecule has 0 fully saturated rings. The van der Waals surface area contributed by atoms with Gasteiger partial charge in [0.2, 0.25) is 0 Å². The Morgan fingerprint density at radius 3 is 2.46 bits per heavy atom. The molecule has 0 saturated heterocycles. The predicted octanol–water partition coefficient (Wildman–Crippen LogP) is 5.60. The Balaban J connectivity index is 0.00000288. The maximum Gasteiger partial charge on any atom is 0.151 e. The average Bonchev–Trinajstić information content (AvgIpc) is 2.47. The van der Waals surface area contributed by atoms with Crippen molar-refractivity contribution in [3.05, 3.63) is 58.4 Å². The van der Waals surface area contributed by atoms with Crippen LogP contribution in [0.4, 0.5) is 4.39 Å². The van der Waals surface area contributed by atoms with Crippen molar-refractivity contribution in [2.24, 2.45) is 5.73 Å². The highest BCUT2D eigenvalue weighted by molar-refractivity contribution is 14.0. The maximum absolute atomic E-state index is 13.6. The fraction of sp³-hybridized carbons (Fsp3) is 0.316. The molecule has 0 heterocycles. The van der Waals surface area contributed by atoms with E-state index in [9.17, 15) is 4.39 Å². The Labute approximate surface area is 165 Å². The molecule has 3 N–H and O–H groups in total. The Bertz CT molecular complexity index is 732. The summed E-state index contributed by atoms with van der Waals surface area (Å²) in [6.45, 7) is 6.01. The van der Waals surface area contributed by atoms with Crippen LogP contribution in [0.3, 0.4) is 0 Å². The summed E-state index contributed by atoms with van der Waals surface area (Å²) < 4.78 is 13.6. The van der Waals surface area contributed by atoms with Crippen LogP contribution in [0.1, 0.15) is 28.7 Å². The van der Waals surface area contributed by atoms with Crippen LogP contribution in [0, 0.1) is 32.0 Å². The lowest BCUT2D eigenvalue weighted by Crippen LogP contribution is -2.05. The van der Waals surface area contributed by atoms with Crippen molar-refractivity contribution in [3.8, 4) is 11.1 Å². The van der Waals surface area contributed by atoms with Crippen molar-refractivity contribution in [1.29, 1.82) is 5.41 Å². The number of thioether (sulfide) groups is 1. The predicted molar refractivity (Wildman–Crippen MR) is 114 cm³/mol. The number of amidine groups is 1. The molecule has 2 aromatic rings. The van der Waals surface area contributed by atoms with Crippen molar-refractivity contribution < 1.29 is 4.39 Å². The lowest BCUT2D eigenvalue weighted by atomic mass is 9.90. The first-order valence-corrected chi connectivity index (χ1v) is 8.70. The molecule has 0 atom stereocenters. The summed E-state index contributed by atoms with van der Waals surface area (Å²) in [7, 11) is 0. The molecular formula is C19H24FIN2S. The highest BCUT2D eigenvalue weighted by atomic mass is 127. The summed E-state index contributed by atoms with van der Waals surface area (Å²) in [4.78, 5) is 0. The van der Waals surface area contributed by atoms with E-state index < -0.39 is 0 Å². The van der Waals surface area contributed by atoms with Gasteiger partial charge in [0.1, 0.15) is 5.82 Å². The third kappa shape index (κ3) is 5.48. The summed E-state index contributed by atoms with van der Waals surface area (Å²) in [6.07, 6.45) is 1.89. The average molecular weight is 458 g/mol. The van der Waals surface area contributed by atoms with E-state index in [1.54, 1.807) is 6.92 Å². The molecule has 0 aliphatic heterocycles. The van der Waals surface area contributed by atoms with E-state index in [4.69, 9.17) is 11.1 Å². The molecule has 2 rings (SSSR count). The van der Waals surface area contributed by atoms with Gasteiger partial charge in [-0.3, -0.25) is 5.41 Å². The van der Waals surface area contributed by atoms with Crippen molar-refractivity contribution in [2.45, 2.75) is 33.6 Å². The molecule has 0 bridgehead atoms.